The van der Waals surface area contributed by atoms with Crippen molar-refractivity contribution >= 4 is 17.9 Å². The maximum Gasteiger partial charge on any atom is 0.418 e. The number of imide groups is 1. The zero-order chi connectivity index (χ0) is 27.2. The monoisotopic (exact) mass is 531 g/mol. The molecule has 2 aromatic carbocycles. The summed E-state index contributed by atoms with van der Waals surface area (Å²) in [6.45, 7) is -0.640. The SMILES string of the molecule is C[C@H](N(Cc1ccc(F)cc1)C(=O)CN1C(=O)O[C@@]2(CCc3cc(-c4cnoc4)ccc32)C1=O)C(F)(F)F. The largest absolute Gasteiger partial charge is 0.427 e. The lowest BCUT2D eigenvalue weighted by atomic mass is 9.93. The van der Waals surface area contributed by atoms with Crippen molar-refractivity contribution in [2.75, 3.05) is 6.54 Å². The van der Waals surface area contributed by atoms with Gasteiger partial charge in [-0.05, 0) is 42.2 Å². The fourth-order valence-corrected chi connectivity index (χ4v) is 4.81. The molecule has 3 amide bonds. The van der Waals surface area contributed by atoms with Crippen molar-refractivity contribution in [3.63, 3.8) is 0 Å². The van der Waals surface area contributed by atoms with Gasteiger partial charge < -0.3 is 14.2 Å². The van der Waals surface area contributed by atoms with Crippen molar-refractivity contribution in [1.82, 2.24) is 15.0 Å². The Morgan fingerprint density at radius 1 is 1.16 bits per heavy atom. The molecule has 12 heteroatoms. The van der Waals surface area contributed by atoms with Crippen LogP contribution in [0.1, 0.15) is 30.0 Å². The van der Waals surface area contributed by atoms with Crippen LogP contribution < -0.4 is 0 Å². The topological polar surface area (TPSA) is 93.0 Å². The van der Waals surface area contributed by atoms with E-state index in [4.69, 9.17) is 9.26 Å². The van der Waals surface area contributed by atoms with Crippen LogP contribution >= 0.6 is 0 Å². The molecule has 2 heterocycles. The minimum absolute atomic E-state index is 0.128. The molecule has 0 unspecified atom stereocenters. The van der Waals surface area contributed by atoms with Gasteiger partial charge in [0.1, 0.15) is 24.7 Å². The van der Waals surface area contributed by atoms with E-state index in [0.717, 1.165) is 35.7 Å². The standard InChI is InChI=1S/C26H21F4N3O5/c1-15(26(28,29)30)32(12-16-2-5-20(27)6-3-16)22(34)13-33-23(35)25(38-24(33)36)9-8-18-10-17(4-7-21(18)25)19-11-31-37-14-19/h2-7,10-11,14-15H,8-9,12-13H2,1H3/t15-,25+/m0/s1. The minimum atomic E-state index is -4.78. The van der Waals surface area contributed by atoms with Crippen molar-refractivity contribution in [1.29, 1.82) is 0 Å². The molecule has 1 fully saturated rings. The first kappa shape index (κ1) is 25.4. The Labute approximate surface area is 213 Å². The number of carbonyl (C=O) groups is 3. The van der Waals surface area contributed by atoms with E-state index < -0.39 is 54.6 Å². The highest BCUT2D eigenvalue weighted by Gasteiger charge is 2.58. The summed E-state index contributed by atoms with van der Waals surface area (Å²) in [6, 6.07) is 7.59. The van der Waals surface area contributed by atoms with E-state index >= 15 is 0 Å². The number of ether oxygens (including phenoxy) is 1. The van der Waals surface area contributed by atoms with Gasteiger partial charge in [-0.3, -0.25) is 9.59 Å². The van der Waals surface area contributed by atoms with E-state index in [0.29, 0.717) is 21.8 Å². The predicted octanol–water partition coefficient (Wildman–Crippen LogP) is 4.58. The van der Waals surface area contributed by atoms with Crippen LogP contribution in [0.5, 0.6) is 0 Å². The van der Waals surface area contributed by atoms with Crippen LogP contribution in [-0.2, 0) is 32.9 Å². The van der Waals surface area contributed by atoms with E-state index in [9.17, 15) is 31.9 Å². The number of nitrogens with zero attached hydrogens (tertiary/aromatic N) is 3. The van der Waals surface area contributed by atoms with Gasteiger partial charge in [-0.15, -0.1) is 0 Å². The maximum atomic E-state index is 13.6. The fraction of sp³-hybridized carbons (Fsp3) is 0.308. The first-order valence-electron chi connectivity index (χ1n) is 11.7. The molecule has 5 rings (SSSR count). The van der Waals surface area contributed by atoms with E-state index in [1.807, 2.05) is 6.07 Å². The Balaban J connectivity index is 1.39. The molecule has 1 aromatic heterocycles. The quantitative estimate of drug-likeness (QED) is 0.433. The first-order chi connectivity index (χ1) is 18.0. The fourth-order valence-electron chi connectivity index (χ4n) is 4.81. The molecule has 1 aliphatic carbocycles. The van der Waals surface area contributed by atoms with Gasteiger partial charge in [0.15, 0.2) is 0 Å². The van der Waals surface area contributed by atoms with Gasteiger partial charge in [0.05, 0.1) is 6.20 Å². The third-order valence-electron chi connectivity index (χ3n) is 6.95. The van der Waals surface area contributed by atoms with Crippen molar-refractivity contribution in [3.05, 3.63) is 77.4 Å². The molecular formula is C26H21F4N3O5. The van der Waals surface area contributed by atoms with E-state index in [2.05, 4.69) is 5.16 Å². The molecular weight excluding hydrogens is 510 g/mol. The minimum Gasteiger partial charge on any atom is -0.427 e. The molecule has 0 saturated carbocycles. The highest BCUT2D eigenvalue weighted by molar-refractivity contribution is 6.06. The number of alkyl halides is 3. The van der Waals surface area contributed by atoms with Crippen molar-refractivity contribution in [3.8, 4) is 11.1 Å². The van der Waals surface area contributed by atoms with Crippen LogP contribution in [0.4, 0.5) is 22.4 Å². The molecule has 8 nitrogen and oxygen atoms in total. The summed E-state index contributed by atoms with van der Waals surface area (Å²) in [5.41, 5.74) is 1.30. The molecule has 198 valence electrons. The second kappa shape index (κ2) is 9.26. The molecule has 3 aromatic rings. The molecule has 1 spiro atoms. The van der Waals surface area contributed by atoms with Gasteiger partial charge in [-0.25, -0.2) is 14.1 Å². The average Bonchev–Trinajstić information content (AvgIpc) is 3.59. The Bertz CT molecular complexity index is 1390. The molecule has 2 atom stereocenters. The summed E-state index contributed by atoms with van der Waals surface area (Å²) in [5.74, 6) is -2.51. The number of carbonyl (C=O) groups excluding carboxylic acids is 3. The maximum absolute atomic E-state index is 13.6. The molecule has 0 bridgehead atoms. The summed E-state index contributed by atoms with van der Waals surface area (Å²) >= 11 is 0. The predicted molar refractivity (Wildman–Crippen MR) is 123 cm³/mol. The molecule has 0 N–H and O–H groups in total. The Kier molecular flexibility index (Phi) is 6.20. The van der Waals surface area contributed by atoms with Gasteiger partial charge in [0.2, 0.25) is 11.5 Å². The van der Waals surface area contributed by atoms with Crippen molar-refractivity contribution < 1.29 is 41.2 Å². The normalized spacial score (nSPS) is 19.6. The number of hydrogen-bond acceptors (Lipinski definition) is 6. The van der Waals surface area contributed by atoms with Crippen molar-refractivity contribution in [2.24, 2.45) is 0 Å². The smallest absolute Gasteiger partial charge is 0.418 e. The summed E-state index contributed by atoms with van der Waals surface area (Å²) in [5, 5.41) is 3.67. The lowest BCUT2D eigenvalue weighted by molar-refractivity contribution is -0.187. The lowest BCUT2D eigenvalue weighted by Crippen LogP contribution is -2.51. The molecule has 38 heavy (non-hydrogen) atoms. The van der Waals surface area contributed by atoms with Crippen LogP contribution in [0.25, 0.3) is 11.1 Å². The van der Waals surface area contributed by atoms with Gasteiger partial charge in [-0.2, -0.15) is 13.2 Å². The van der Waals surface area contributed by atoms with E-state index in [1.54, 1.807) is 12.1 Å². The number of aryl methyl sites for hydroxylation is 1. The number of rotatable bonds is 6. The second-order valence-electron chi connectivity index (χ2n) is 9.24. The third kappa shape index (κ3) is 4.39. The molecule has 0 radical (unpaired) electrons. The van der Waals surface area contributed by atoms with E-state index in [-0.39, 0.29) is 12.0 Å². The summed E-state index contributed by atoms with van der Waals surface area (Å²) in [6.07, 6.45) is -2.37. The number of aromatic nitrogens is 1. The average molecular weight is 531 g/mol. The van der Waals surface area contributed by atoms with Crippen molar-refractivity contribution in [2.45, 2.75) is 44.1 Å². The molecule has 2 aliphatic rings. The van der Waals surface area contributed by atoms with Crippen LogP contribution in [0.3, 0.4) is 0 Å². The van der Waals surface area contributed by atoms with Crippen LogP contribution in [0, 0.1) is 5.82 Å². The Morgan fingerprint density at radius 3 is 2.55 bits per heavy atom. The Morgan fingerprint density at radius 2 is 1.89 bits per heavy atom. The second-order valence-corrected chi connectivity index (χ2v) is 9.24. The number of fused-ring (bicyclic) bond motifs is 2. The van der Waals surface area contributed by atoms with Gasteiger partial charge in [0, 0.05) is 24.1 Å². The number of amides is 3. The van der Waals surface area contributed by atoms with Gasteiger partial charge >= 0.3 is 12.3 Å². The highest BCUT2D eigenvalue weighted by Crippen LogP contribution is 2.46. The van der Waals surface area contributed by atoms with Crippen LogP contribution in [0.2, 0.25) is 0 Å². The summed E-state index contributed by atoms with van der Waals surface area (Å²) < 4.78 is 64.4. The zero-order valence-electron chi connectivity index (χ0n) is 20.0. The lowest BCUT2D eigenvalue weighted by Gasteiger charge is -2.31. The van der Waals surface area contributed by atoms with Crippen LogP contribution in [0.15, 0.2) is 59.4 Å². The van der Waals surface area contributed by atoms with E-state index in [1.165, 1.54) is 24.6 Å². The number of hydrogen-bond donors (Lipinski definition) is 0. The first-order valence-corrected chi connectivity index (χ1v) is 11.7. The number of halogens is 4. The van der Waals surface area contributed by atoms with Crippen LogP contribution in [-0.4, -0.2) is 51.6 Å². The Hall–Kier alpha value is -4.22. The highest BCUT2D eigenvalue weighted by atomic mass is 19.4. The summed E-state index contributed by atoms with van der Waals surface area (Å²) in [7, 11) is 0. The third-order valence-corrected chi connectivity index (χ3v) is 6.95. The molecule has 1 aliphatic heterocycles. The van der Waals surface area contributed by atoms with Gasteiger partial charge in [0.25, 0.3) is 5.91 Å². The molecule has 1 saturated heterocycles. The van der Waals surface area contributed by atoms with Gasteiger partial charge in [-0.1, -0.05) is 35.5 Å². The summed E-state index contributed by atoms with van der Waals surface area (Å²) in [4.78, 5) is 40.4. The number of benzene rings is 2. The zero-order valence-corrected chi connectivity index (χ0v) is 20.0.